The molecule has 0 bridgehead atoms. The molecule has 0 aromatic carbocycles. The van der Waals surface area contributed by atoms with Crippen LogP contribution >= 0.6 is 0 Å². The van der Waals surface area contributed by atoms with Gasteiger partial charge in [0.15, 0.2) is 0 Å². The van der Waals surface area contributed by atoms with Crippen molar-refractivity contribution in [1.82, 2.24) is 0 Å². The van der Waals surface area contributed by atoms with E-state index in [1.54, 1.807) is 0 Å². The highest BCUT2D eigenvalue weighted by Crippen LogP contribution is 2.48. The highest BCUT2D eigenvalue weighted by Gasteiger charge is 2.43. The summed E-state index contributed by atoms with van der Waals surface area (Å²) in [4.78, 5) is 22.9. The van der Waals surface area contributed by atoms with Crippen molar-refractivity contribution in [3.05, 3.63) is 12.2 Å². The predicted molar refractivity (Wildman–Crippen MR) is 109 cm³/mol. The highest BCUT2D eigenvalue weighted by atomic mass is 16.4. The Bertz CT molecular complexity index is 537. The second-order valence-corrected chi connectivity index (χ2v) is 8.92. The third-order valence-electron chi connectivity index (χ3n) is 6.91. The molecule has 2 saturated carbocycles. The van der Waals surface area contributed by atoms with Gasteiger partial charge < -0.3 is 15.3 Å². The standard InChI is InChI=1S/C23H38O5/c1-2-3-13-23(14-8-15-23)21(26)12-11-18-17(19(24)16-20(18)25)9-6-4-5-7-10-22(27)28/h11-12,17-18,20-21,25-26H,2-10,13-16H2,1H3,(H,27,28)/b12-11+/t17-,18?,20-,21+/m1/s1. The highest BCUT2D eigenvalue weighted by molar-refractivity contribution is 5.84. The quantitative estimate of drug-likeness (QED) is 0.320. The fourth-order valence-electron chi connectivity index (χ4n) is 4.88. The second-order valence-electron chi connectivity index (χ2n) is 8.92. The number of aliphatic carboxylic acids is 1. The Morgan fingerprint density at radius 1 is 1.21 bits per heavy atom. The van der Waals surface area contributed by atoms with Gasteiger partial charge in [-0.3, -0.25) is 9.59 Å². The number of carboxylic acids is 1. The van der Waals surface area contributed by atoms with Crippen LogP contribution in [0, 0.1) is 17.3 Å². The molecule has 0 spiro atoms. The molecular formula is C23H38O5. The van der Waals surface area contributed by atoms with Gasteiger partial charge in [-0.15, -0.1) is 0 Å². The summed E-state index contributed by atoms with van der Waals surface area (Å²) in [5.74, 6) is -1.03. The average molecular weight is 395 g/mol. The monoisotopic (exact) mass is 394 g/mol. The lowest BCUT2D eigenvalue weighted by atomic mass is 9.62. The Labute approximate surface area is 169 Å². The van der Waals surface area contributed by atoms with Gasteiger partial charge in [-0.05, 0) is 37.5 Å². The molecule has 28 heavy (non-hydrogen) atoms. The Balaban J connectivity index is 1.86. The number of unbranched alkanes of at least 4 members (excludes halogenated alkanes) is 4. The zero-order valence-corrected chi connectivity index (χ0v) is 17.3. The Morgan fingerprint density at radius 3 is 2.54 bits per heavy atom. The number of carbonyl (C=O) groups is 2. The van der Waals surface area contributed by atoms with Crippen LogP contribution in [0.2, 0.25) is 0 Å². The Morgan fingerprint density at radius 2 is 1.93 bits per heavy atom. The summed E-state index contributed by atoms with van der Waals surface area (Å²) in [6.07, 6.45) is 13.6. The molecular weight excluding hydrogens is 356 g/mol. The Kier molecular flexibility index (Phi) is 9.16. The minimum atomic E-state index is -0.763. The van der Waals surface area contributed by atoms with Crippen molar-refractivity contribution < 1.29 is 24.9 Å². The van der Waals surface area contributed by atoms with Crippen LogP contribution in [0.1, 0.15) is 90.4 Å². The number of hydrogen-bond acceptors (Lipinski definition) is 4. The van der Waals surface area contributed by atoms with Gasteiger partial charge in [0.25, 0.3) is 0 Å². The molecule has 1 unspecified atom stereocenters. The Hall–Kier alpha value is -1.20. The summed E-state index contributed by atoms with van der Waals surface area (Å²) >= 11 is 0. The van der Waals surface area contributed by atoms with Crippen molar-refractivity contribution in [2.24, 2.45) is 17.3 Å². The minimum Gasteiger partial charge on any atom is -0.481 e. The number of aliphatic hydroxyl groups excluding tert-OH is 2. The maximum absolute atomic E-state index is 12.3. The molecule has 0 radical (unpaired) electrons. The van der Waals surface area contributed by atoms with Gasteiger partial charge in [-0.2, -0.15) is 0 Å². The van der Waals surface area contributed by atoms with Crippen LogP contribution in [0.5, 0.6) is 0 Å². The number of rotatable bonds is 13. The number of carboxylic acid groups (broad SMARTS) is 1. The van der Waals surface area contributed by atoms with E-state index in [0.717, 1.165) is 57.8 Å². The maximum Gasteiger partial charge on any atom is 0.303 e. The fraction of sp³-hybridized carbons (Fsp3) is 0.826. The molecule has 2 aliphatic rings. The summed E-state index contributed by atoms with van der Waals surface area (Å²) in [5, 5.41) is 29.8. The largest absolute Gasteiger partial charge is 0.481 e. The van der Waals surface area contributed by atoms with Gasteiger partial charge in [0, 0.05) is 24.7 Å². The van der Waals surface area contributed by atoms with Gasteiger partial charge >= 0.3 is 5.97 Å². The first-order valence-corrected chi connectivity index (χ1v) is 11.2. The molecule has 0 heterocycles. The topological polar surface area (TPSA) is 94.8 Å². The number of Topliss-reactive ketones (excluding diaryl/α,β-unsaturated/α-hetero) is 1. The number of aliphatic hydroxyl groups is 2. The van der Waals surface area contributed by atoms with Crippen molar-refractivity contribution in [2.45, 2.75) is 103 Å². The first kappa shape index (κ1) is 23.1. The smallest absolute Gasteiger partial charge is 0.303 e. The van der Waals surface area contributed by atoms with Gasteiger partial charge in [-0.25, -0.2) is 0 Å². The number of carbonyl (C=O) groups excluding carboxylic acids is 1. The van der Waals surface area contributed by atoms with Crippen LogP contribution in [0.25, 0.3) is 0 Å². The first-order valence-electron chi connectivity index (χ1n) is 11.2. The van der Waals surface area contributed by atoms with E-state index in [-0.39, 0.29) is 35.9 Å². The van der Waals surface area contributed by atoms with Crippen molar-refractivity contribution >= 4 is 11.8 Å². The van der Waals surface area contributed by atoms with Crippen LogP contribution in [-0.4, -0.2) is 39.3 Å². The molecule has 5 heteroatoms. The molecule has 2 aliphatic carbocycles. The summed E-state index contributed by atoms with van der Waals surface area (Å²) < 4.78 is 0. The predicted octanol–water partition coefficient (Wildman–Crippen LogP) is 4.26. The van der Waals surface area contributed by atoms with E-state index >= 15 is 0 Å². The SMILES string of the molecule is CCCCC1([C@@H](O)/C=C/C2[C@H](O)CC(=O)[C@@H]2CCCCCCC(=O)O)CCC1. The zero-order valence-electron chi connectivity index (χ0n) is 17.3. The van der Waals surface area contributed by atoms with Crippen molar-refractivity contribution in [3.8, 4) is 0 Å². The molecule has 160 valence electrons. The molecule has 0 saturated heterocycles. The van der Waals surface area contributed by atoms with E-state index in [9.17, 15) is 19.8 Å². The van der Waals surface area contributed by atoms with Gasteiger partial charge in [0.1, 0.15) is 5.78 Å². The second kappa shape index (κ2) is 11.1. The van der Waals surface area contributed by atoms with E-state index in [0.29, 0.717) is 6.42 Å². The average Bonchev–Trinajstić information content (AvgIpc) is 2.88. The molecule has 3 N–H and O–H groups in total. The van der Waals surface area contributed by atoms with Crippen LogP contribution in [0.3, 0.4) is 0 Å². The first-order chi connectivity index (χ1) is 13.4. The summed E-state index contributed by atoms with van der Waals surface area (Å²) in [7, 11) is 0. The molecule has 4 atom stereocenters. The van der Waals surface area contributed by atoms with Gasteiger partial charge in [0.2, 0.25) is 0 Å². The molecule has 0 amide bonds. The summed E-state index contributed by atoms with van der Waals surface area (Å²) in [6.45, 7) is 2.17. The lowest BCUT2D eigenvalue weighted by Crippen LogP contribution is -2.40. The van der Waals surface area contributed by atoms with Crippen molar-refractivity contribution in [1.29, 1.82) is 0 Å². The lowest BCUT2D eigenvalue weighted by Gasteiger charge is -2.45. The molecule has 0 aliphatic heterocycles. The van der Waals surface area contributed by atoms with Crippen LogP contribution < -0.4 is 0 Å². The number of hydrogen-bond donors (Lipinski definition) is 3. The van der Waals surface area contributed by atoms with Crippen molar-refractivity contribution in [3.63, 3.8) is 0 Å². The lowest BCUT2D eigenvalue weighted by molar-refractivity contribution is -0.137. The van der Waals surface area contributed by atoms with Gasteiger partial charge in [0.05, 0.1) is 12.2 Å². The third kappa shape index (κ3) is 6.15. The molecule has 2 rings (SSSR count). The molecule has 5 nitrogen and oxygen atoms in total. The van der Waals surface area contributed by atoms with E-state index in [4.69, 9.17) is 5.11 Å². The van der Waals surface area contributed by atoms with Crippen molar-refractivity contribution in [2.75, 3.05) is 0 Å². The van der Waals surface area contributed by atoms with Crippen LogP contribution in [-0.2, 0) is 9.59 Å². The normalized spacial score (nSPS) is 27.8. The number of ketones is 1. The van der Waals surface area contributed by atoms with Crippen LogP contribution in [0.4, 0.5) is 0 Å². The summed E-state index contributed by atoms with van der Waals surface area (Å²) in [5.41, 5.74) is -0.000285. The summed E-state index contributed by atoms with van der Waals surface area (Å²) in [6, 6.07) is 0. The third-order valence-corrected chi connectivity index (χ3v) is 6.91. The maximum atomic E-state index is 12.3. The molecule has 0 aromatic heterocycles. The van der Waals surface area contributed by atoms with E-state index in [2.05, 4.69) is 6.92 Å². The van der Waals surface area contributed by atoms with E-state index in [1.165, 1.54) is 6.42 Å². The molecule has 0 aromatic rings. The molecule has 2 fully saturated rings. The van der Waals surface area contributed by atoms with Crippen LogP contribution in [0.15, 0.2) is 12.2 Å². The fourth-order valence-corrected chi connectivity index (χ4v) is 4.88. The van der Waals surface area contributed by atoms with E-state index < -0.39 is 18.2 Å². The minimum absolute atomic E-state index is 0.000285. The zero-order chi connectivity index (χ0) is 20.6. The van der Waals surface area contributed by atoms with Gasteiger partial charge in [-0.1, -0.05) is 57.6 Å². The van der Waals surface area contributed by atoms with E-state index in [1.807, 2.05) is 12.2 Å².